The van der Waals surface area contributed by atoms with E-state index in [1.807, 2.05) is 30.3 Å². The highest BCUT2D eigenvalue weighted by molar-refractivity contribution is 5.99. The fourth-order valence-electron chi connectivity index (χ4n) is 2.53. The van der Waals surface area contributed by atoms with Crippen LogP contribution in [-0.2, 0) is 14.4 Å². The molecule has 2 aromatic rings. The quantitative estimate of drug-likeness (QED) is 0.794. The maximum atomic E-state index is 12.7. The zero-order valence-corrected chi connectivity index (χ0v) is 14.4. The van der Waals surface area contributed by atoms with Crippen LogP contribution in [0.5, 0.6) is 0 Å². The van der Waals surface area contributed by atoms with Gasteiger partial charge in [0.05, 0.1) is 12.2 Å². The van der Waals surface area contributed by atoms with Crippen LogP contribution in [0.4, 0.5) is 0 Å². The fourth-order valence-corrected chi connectivity index (χ4v) is 2.53. The number of carboxylic acid groups (broad SMARTS) is 1. The summed E-state index contributed by atoms with van der Waals surface area (Å²) >= 11 is 0. The second kappa shape index (κ2) is 8.26. The first-order valence-corrected chi connectivity index (χ1v) is 7.87. The molecule has 0 aromatic heterocycles. The molecule has 0 aliphatic carbocycles. The molecule has 0 fully saturated rings. The SMILES string of the molecule is CC(=O)N(OC(=O)c1c(C)cccc1-c1ccccc1)[C@@H](CO)C(=O)O. The summed E-state index contributed by atoms with van der Waals surface area (Å²) in [6, 6.07) is 12.7. The number of hydroxylamine groups is 2. The minimum absolute atomic E-state index is 0.215. The molecule has 0 saturated carbocycles. The number of amides is 1. The van der Waals surface area contributed by atoms with Crippen molar-refractivity contribution in [1.29, 1.82) is 0 Å². The van der Waals surface area contributed by atoms with Crippen molar-refractivity contribution in [2.24, 2.45) is 0 Å². The van der Waals surface area contributed by atoms with Gasteiger partial charge in [0.1, 0.15) is 0 Å². The second-order valence-corrected chi connectivity index (χ2v) is 5.62. The molecule has 136 valence electrons. The number of nitrogens with zero attached hydrogens (tertiary/aromatic N) is 1. The number of hydrogen-bond acceptors (Lipinski definition) is 5. The van der Waals surface area contributed by atoms with Crippen LogP contribution in [0, 0.1) is 6.92 Å². The number of carboxylic acids is 1. The van der Waals surface area contributed by atoms with E-state index >= 15 is 0 Å². The van der Waals surface area contributed by atoms with Gasteiger partial charge in [-0.15, -0.1) is 0 Å². The van der Waals surface area contributed by atoms with Crippen molar-refractivity contribution in [3.8, 4) is 11.1 Å². The molecule has 2 rings (SSSR count). The minimum Gasteiger partial charge on any atom is -0.480 e. The Hall–Kier alpha value is -3.19. The van der Waals surface area contributed by atoms with E-state index in [1.54, 1.807) is 25.1 Å². The smallest absolute Gasteiger partial charge is 0.364 e. The molecule has 26 heavy (non-hydrogen) atoms. The topological polar surface area (TPSA) is 104 Å². The molecule has 1 amide bonds. The molecule has 0 saturated heterocycles. The van der Waals surface area contributed by atoms with Crippen LogP contribution in [0.15, 0.2) is 48.5 Å². The Kier molecular flexibility index (Phi) is 6.08. The number of aliphatic carboxylic acids is 1. The number of aliphatic hydroxyl groups excluding tert-OH is 1. The van der Waals surface area contributed by atoms with Crippen molar-refractivity contribution in [1.82, 2.24) is 5.06 Å². The molecule has 0 radical (unpaired) electrons. The summed E-state index contributed by atoms with van der Waals surface area (Å²) in [5.41, 5.74) is 2.19. The van der Waals surface area contributed by atoms with E-state index in [0.29, 0.717) is 16.2 Å². The molecule has 0 heterocycles. The number of rotatable bonds is 5. The Labute approximate surface area is 150 Å². The van der Waals surface area contributed by atoms with Crippen LogP contribution in [0.1, 0.15) is 22.8 Å². The van der Waals surface area contributed by atoms with Crippen LogP contribution in [0.25, 0.3) is 11.1 Å². The first-order chi connectivity index (χ1) is 12.4. The second-order valence-electron chi connectivity index (χ2n) is 5.62. The number of aliphatic hydroxyl groups is 1. The Bertz CT molecular complexity index is 818. The lowest BCUT2D eigenvalue weighted by Gasteiger charge is -2.25. The van der Waals surface area contributed by atoms with Gasteiger partial charge in [0.2, 0.25) is 0 Å². The van der Waals surface area contributed by atoms with Crippen molar-refractivity contribution in [2.75, 3.05) is 6.61 Å². The highest BCUT2D eigenvalue weighted by Crippen LogP contribution is 2.27. The van der Waals surface area contributed by atoms with Crippen LogP contribution in [0.3, 0.4) is 0 Å². The maximum Gasteiger partial charge on any atom is 0.364 e. The molecule has 2 N–H and O–H groups in total. The predicted octanol–water partition coefficient (Wildman–Crippen LogP) is 2.03. The number of benzene rings is 2. The fraction of sp³-hybridized carbons (Fsp3) is 0.211. The summed E-state index contributed by atoms with van der Waals surface area (Å²) < 4.78 is 0. The molecule has 0 bridgehead atoms. The van der Waals surface area contributed by atoms with Crippen molar-refractivity contribution in [2.45, 2.75) is 19.9 Å². The van der Waals surface area contributed by atoms with Gasteiger partial charge in [-0.25, -0.2) is 9.59 Å². The van der Waals surface area contributed by atoms with E-state index in [4.69, 9.17) is 9.94 Å². The zero-order valence-electron chi connectivity index (χ0n) is 14.4. The Balaban J connectivity index is 2.43. The third-order valence-electron chi connectivity index (χ3n) is 3.79. The molecule has 0 unspecified atom stereocenters. The summed E-state index contributed by atoms with van der Waals surface area (Å²) in [4.78, 5) is 40.7. The van der Waals surface area contributed by atoms with Crippen LogP contribution >= 0.6 is 0 Å². The first kappa shape index (κ1) is 19.1. The van der Waals surface area contributed by atoms with Gasteiger partial charge in [0.25, 0.3) is 5.91 Å². The van der Waals surface area contributed by atoms with E-state index in [1.165, 1.54) is 0 Å². The average Bonchev–Trinajstić information content (AvgIpc) is 2.61. The molecule has 2 aromatic carbocycles. The third kappa shape index (κ3) is 4.07. The average molecular weight is 357 g/mol. The summed E-state index contributed by atoms with van der Waals surface area (Å²) in [6.07, 6.45) is 0. The number of aryl methyl sites for hydroxylation is 1. The summed E-state index contributed by atoms with van der Waals surface area (Å²) in [6.45, 7) is 1.87. The molecule has 0 spiro atoms. The standard InChI is InChI=1S/C19H19NO6/c1-12-7-6-10-15(14-8-4-3-5-9-14)17(12)19(25)26-20(13(2)22)16(11-21)18(23)24/h3-10,16,21H,11H2,1-2H3,(H,23,24)/t16-/m0/s1. The molecular formula is C19H19NO6. The van der Waals surface area contributed by atoms with Gasteiger partial charge < -0.3 is 15.1 Å². The van der Waals surface area contributed by atoms with Crippen LogP contribution in [-0.4, -0.2) is 45.8 Å². The van der Waals surface area contributed by atoms with Crippen LogP contribution in [0.2, 0.25) is 0 Å². The summed E-state index contributed by atoms with van der Waals surface area (Å²) in [5, 5.41) is 18.7. The number of hydrogen-bond donors (Lipinski definition) is 2. The minimum atomic E-state index is -1.68. The third-order valence-corrected chi connectivity index (χ3v) is 3.79. The molecule has 0 aliphatic heterocycles. The summed E-state index contributed by atoms with van der Waals surface area (Å²) in [5.74, 6) is -3.17. The monoisotopic (exact) mass is 357 g/mol. The molecule has 7 heteroatoms. The predicted molar refractivity (Wildman–Crippen MR) is 93.1 cm³/mol. The van der Waals surface area contributed by atoms with Gasteiger partial charge >= 0.3 is 11.9 Å². The summed E-state index contributed by atoms with van der Waals surface area (Å²) in [7, 11) is 0. The largest absolute Gasteiger partial charge is 0.480 e. The van der Waals surface area contributed by atoms with Crippen molar-refractivity contribution >= 4 is 17.8 Å². The van der Waals surface area contributed by atoms with Gasteiger partial charge in [-0.3, -0.25) is 4.79 Å². The molecule has 7 nitrogen and oxygen atoms in total. The van der Waals surface area contributed by atoms with Crippen molar-refractivity contribution in [3.05, 3.63) is 59.7 Å². The van der Waals surface area contributed by atoms with E-state index in [2.05, 4.69) is 0 Å². The first-order valence-electron chi connectivity index (χ1n) is 7.87. The van der Waals surface area contributed by atoms with E-state index in [-0.39, 0.29) is 5.56 Å². The van der Waals surface area contributed by atoms with E-state index in [9.17, 15) is 19.5 Å². The van der Waals surface area contributed by atoms with Gasteiger partial charge in [0, 0.05) is 6.92 Å². The van der Waals surface area contributed by atoms with E-state index in [0.717, 1.165) is 12.5 Å². The molecular weight excluding hydrogens is 338 g/mol. The van der Waals surface area contributed by atoms with Gasteiger partial charge in [-0.2, -0.15) is 5.06 Å². The van der Waals surface area contributed by atoms with Gasteiger partial charge in [-0.05, 0) is 23.6 Å². The lowest BCUT2D eigenvalue weighted by molar-refractivity contribution is -0.188. The van der Waals surface area contributed by atoms with E-state index < -0.39 is 30.5 Å². The molecule has 0 aliphatic rings. The zero-order chi connectivity index (χ0) is 19.3. The van der Waals surface area contributed by atoms with Crippen LogP contribution < -0.4 is 0 Å². The number of carbonyl (C=O) groups excluding carboxylic acids is 2. The highest BCUT2D eigenvalue weighted by Gasteiger charge is 2.32. The Morgan fingerprint density at radius 1 is 1.08 bits per heavy atom. The number of carbonyl (C=O) groups is 3. The highest BCUT2D eigenvalue weighted by atomic mass is 16.7. The van der Waals surface area contributed by atoms with Crippen molar-refractivity contribution < 1.29 is 29.4 Å². The Morgan fingerprint density at radius 2 is 1.73 bits per heavy atom. The lowest BCUT2D eigenvalue weighted by Crippen LogP contribution is -2.47. The van der Waals surface area contributed by atoms with Gasteiger partial charge in [-0.1, -0.05) is 48.5 Å². The maximum absolute atomic E-state index is 12.7. The Morgan fingerprint density at radius 3 is 2.27 bits per heavy atom. The van der Waals surface area contributed by atoms with Gasteiger partial charge in [0.15, 0.2) is 6.04 Å². The lowest BCUT2D eigenvalue weighted by atomic mass is 9.96. The normalized spacial score (nSPS) is 11.5. The van der Waals surface area contributed by atoms with Crippen molar-refractivity contribution in [3.63, 3.8) is 0 Å². The molecule has 1 atom stereocenters.